The van der Waals surface area contributed by atoms with Crippen LogP contribution < -0.4 is 11.2 Å². The Kier molecular flexibility index (Phi) is 4.48. The molecule has 9 heteroatoms. The molecule has 0 aromatic heterocycles. The third kappa shape index (κ3) is 2.69. The molecule has 0 unspecified atom stereocenters. The van der Waals surface area contributed by atoms with Crippen LogP contribution in [0.4, 0.5) is 0 Å². The van der Waals surface area contributed by atoms with Crippen molar-refractivity contribution in [3.05, 3.63) is 23.4 Å². The van der Waals surface area contributed by atoms with Gasteiger partial charge in [-0.15, -0.1) is 0 Å². The molecule has 1 atom stereocenters. The van der Waals surface area contributed by atoms with E-state index >= 15 is 0 Å². The summed E-state index contributed by atoms with van der Waals surface area (Å²) in [7, 11) is 4.32. The first kappa shape index (κ1) is 16.7. The van der Waals surface area contributed by atoms with Crippen molar-refractivity contribution in [2.75, 3.05) is 21.3 Å². The quantitative estimate of drug-likeness (QED) is 0.666. The molecule has 3 amide bonds. The molecule has 1 fully saturated rings. The lowest BCUT2D eigenvalue weighted by atomic mass is 9.83. The third-order valence-corrected chi connectivity index (χ3v) is 3.79. The number of primary amides is 1. The molecule has 2 rings (SSSR count). The molecule has 0 saturated carbocycles. The van der Waals surface area contributed by atoms with Crippen LogP contribution in [-0.4, -0.2) is 49.6 Å². The van der Waals surface area contributed by atoms with Gasteiger partial charge in [0.2, 0.25) is 11.8 Å². The van der Waals surface area contributed by atoms with Crippen molar-refractivity contribution in [1.29, 1.82) is 0 Å². The van der Waals surface area contributed by atoms with E-state index in [1.807, 2.05) is 0 Å². The molecular weight excluding hydrogens is 306 g/mol. The van der Waals surface area contributed by atoms with Crippen LogP contribution in [0.5, 0.6) is 0 Å². The van der Waals surface area contributed by atoms with Gasteiger partial charge in [-0.25, -0.2) is 5.01 Å². The van der Waals surface area contributed by atoms with E-state index in [2.05, 4.69) is 5.43 Å². The lowest BCUT2D eigenvalue weighted by Crippen LogP contribution is -2.77. The second-order valence-electron chi connectivity index (χ2n) is 5.11. The summed E-state index contributed by atoms with van der Waals surface area (Å²) in [5.74, 6) is -0.344. The molecule has 9 nitrogen and oxygen atoms in total. The lowest BCUT2D eigenvalue weighted by Gasteiger charge is -2.50. The van der Waals surface area contributed by atoms with Crippen molar-refractivity contribution < 1.29 is 28.6 Å². The third-order valence-electron chi connectivity index (χ3n) is 3.79. The zero-order valence-electron chi connectivity index (χ0n) is 13.2. The first-order chi connectivity index (χ1) is 10.9. The van der Waals surface area contributed by atoms with Crippen molar-refractivity contribution >= 4 is 17.7 Å². The summed E-state index contributed by atoms with van der Waals surface area (Å²) in [6.45, 7) is 0. The number of hydrazine groups is 1. The highest BCUT2D eigenvalue weighted by atomic mass is 16.5. The van der Waals surface area contributed by atoms with Gasteiger partial charge in [-0.3, -0.25) is 19.8 Å². The molecule has 0 bridgehead atoms. The van der Waals surface area contributed by atoms with Crippen LogP contribution in [0, 0.1) is 0 Å². The highest BCUT2D eigenvalue weighted by Crippen LogP contribution is 2.40. The number of rotatable bonds is 6. The van der Waals surface area contributed by atoms with E-state index in [0.717, 1.165) is 0 Å². The number of carbonyl (C=O) groups is 3. The number of methoxy groups -OCH3 is 3. The van der Waals surface area contributed by atoms with Gasteiger partial charge in [-0.1, -0.05) is 0 Å². The minimum absolute atomic E-state index is 0.0988. The minimum Gasteiger partial charge on any atom is -0.497 e. The first-order valence-electron chi connectivity index (χ1n) is 6.90. The van der Waals surface area contributed by atoms with Gasteiger partial charge in [0.25, 0.3) is 5.91 Å². The molecule has 126 valence electrons. The normalized spacial score (nSPS) is 23.0. The van der Waals surface area contributed by atoms with Crippen LogP contribution in [-0.2, 0) is 28.6 Å². The Hall–Kier alpha value is -2.71. The standard InChI is InChI=1S/C14H19N3O6/c1-21-8-6-14(7-9(22-2)12(8)23-3)13(20)16-17(14)11(19)5-4-10(15)18/h6H,4-5,7H2,1-3H3,(H2,15,18)(H,16,20)/t14-/m1/s1. The van der Waals surface area contributed by atoms with Crippen LogP contribution >= 0.6 is 0 Å². The van der Waals surface area contributed by atoms with Gasteiger partial charge in [0.05, 0.1) is 21.3 Å². The van der Waals surface area contributed by atoms with Crippen molar-refractivity contribution in [3.63, 3.8) is 0 Å². The second kappa shape index (κ2) is 6.19. The summed E-state index contributed by atoms with van der Waals surface area (Å²) < 4.78 is 15.7. The molecule has 1 saturated heterocycles. The van der Waals surface area contributed by atoms with E-state index in [9.17, 15) is 14.4 Å². The van der Waals surface area contributed by atoms with Gasteiger partial charge in [0.15, 0.2) is 17.1 Å². The van der Waals surface area contributed by atoms with Crippen LogP contribution in [0.2, 0.25) is 0 Å². The molecular formula is C14H19N3O6. The average Bonchev–Trinajstić information content (AvgIpc) is 2.55. The number of amides is 3. The molecule has 0 aromatic carbocycles. The number of ether oxygens (including phenoxy) is 3. The molecule has 2 aliphatic rings. The van der Waals surface area contributed by atoms with Gasteiger partial charge >= 0.3 is 0 Å². The Bertz CT molecular complexity index is 612. The minimum atomic E-state index is -1.26. The molecule has 1 aliphatic heterocycles. The van der Waals surface area contributed by atoms with E-state index in [-0.39, 0.29) is 30.9 Å². The van der Waals surface area contributed by atoms with Crippen molar-refractivity contribution in [3.8, 4) is 0 Å². The van der Waals surface area contributed by atoms with Gasteiger partial charge < -0.3 is 19.9 Å². The molecule has 23 heavy (non-hydrogen) atoms. The molecule has 3 N–H and O–H groups in total. The van der Waals surface area contributed by atoms with Gasteiger partial charge in [0, 0.05) is 19.3 Å². The predicted molar refractivity (Wildman–Crippen MR) is 76.9 cm³/mol. The maximum atomic E-state index is 12.2. The van der Waals surface area contributed by atoms with Gasteiger partial charge in [-0.2, -0.15) is 0 Å². The number of nitrogens with zero attached hydrogens (tertiary/aromatic N) is 1. The Labute approximate surface area is 133 Å². The summed E-state index contributed by atoms with van der Waals surface area (Å²) in [5.41, 5.74) is 6.21. The maximum Gasteiger partial charge on any atom is 0.271 e. The van der Waals surface area contributed by atoms with Crippen molar-refractivity contribution in [2.24, 2.45) is 5.73 Å². The largest absolute Gasteiger partial charge is 0.497 e. The number of nitrogens with two attached hydrogens (primary N) is 1. The van der Waals surface area contributed by atoms with Crippen LogP contribution in [0.1, 0.15) is 19.3 Å². The summed E-state index contributed by atoms with van der Waals surface area (Å²) in [6, 6.07) is 0. The summed E-state index contributed by atoms with van der Waals surface area (Å²) in [4.78, 5) is 35.2. The Balaban J connectivity index is 2.31. The van der Waals surface area contributed by atoms with Crippen LogP contribution in [0.25, 0.3) is 0 Å². The topological polar surface area (TPSA) is 120 Å². The van der Waals surface area contributed by atoms with Crippen molar-refractivity contribution in [2.45, 2.75) is 24.8 Å². The number of nitrogens with one attached hydrogen (secondary N) is 1. The van der Waals surface area contributed by atoms with Crippen LogP contribution in [0.3, 0.4) is 0 Å². The summed E-state index contributed by atoms with van der Waals surface area (Å²) in [6.07, 6.45) is 1.41. The number of carbonyl (C=O) groups excluding carboxylic acids is 3. The molecule has 1 spiro atoms. The molecule has 1 aliphatic carbocycles. The van der Waals surface area contributed by atoms with E-state index < -0.39 is 17.4 Å². The van der Waals surface area contributed by atoms with Crippen molar-refractivity contribution in [1.82, 2.24) is 10.4 Å². The Morgan fingerprint density at radius 3 is 2.43 bits per heavy atom. The smallest absolute Gasteiger partial charge is 0.271 e. The fraction of sp³-hybridized carbons (Fsp3) is 0.500. The fourth-order valence-electron chi connectivity index (χ4n) is 2.59. The molecule has 0 aromatic rings. The lowest BCUT2D eigenvalue weighted by molar-refractivity contribution is -0.172. The van der Waals surface area contributed by atoms with E-state index in [0.29, 0.717) is 11.5 Å². The number of hydrogen-bond acceptors (Lipinski definition) is 6. The Morgan fingerprint density at radius 2 is 1.96 bits per heavy atom. The number of hydrogen-bond donors (Lipinski definition) is 2. The maximum absolute atomic E-state index is 12.2. The highest BCUT2D eigenvalue weighted by molar-refractivity contribution is 6.01. The first-order valence-corrected chi connectivity index (χ1v) is 6.90. The van der Waals surface area contributed by atoms with E-state index in [1.54, 1.807) is 0 Å². The molecule has 1 heterocycles. The SMILES string of the molecule is COC1=C[C@@]2(CC(OC)=C1OC)C(=O)NN2C(=O)CCC(N)=O. The fourth-order valence-corrected chi connectivity index (χ4v) is 2.59. The molecule has 0 radical (unpaired) electrons. The average molecular weight is 325 g/mol. The zero-order valence-corrected chi connectivity index (χ0v) is 13.2. The summed E-state index contributed by atoms with van der Waals surface area (Å²) in [5, 5.41) is 1.17. The van der Waals surface area contributed by atoms with Gasteiger partial charge in [0.1, 0.15) is 5.76 Å². The second-order valence-corrected chi connectivity index (χ2v) is 5.11. The highest BCUT2D eigenvalue weighted by Gasteiger charge is 2.58. The van der Waals surface area contributed by atoms with E-state index in [4.69, 9.17) is 19.9 Å². The van der Waals surface area contributed by atoms with Crippen LogP contribution in [0.15, 0.2) is 23.4 Å². The van der Waals surface area contributed by atoms with E-state index in [1.165, 1.54) is 32.4 Å². The Morgan fingerprint density at radius 1 is 1.26 bits per heavy atom. The van der Waals surface area contributed by atoms with Gasteiger partial charge in [-0.05, 0) is 6.08 Å². The summed E-state index contributed by atoms with van der Waals surface area (Å²) >= 11 is 0. The zero-order chi connectivity index (χ0) is 17.2. The predicted octanol–water partition coefficient (Wildman–Crippen LogP) is -0.697. The monoisotopic (exact) mass is 325 g/mol.